The Balaban J connectivity index is 1.55. The minimum atomic E-state index is 0.0188. The molecule has 1 aromatic rings. The number of methoxy groups -OCH3 is 1. The van der Waals surface area contributed by atoms with Crippen molar-refractivity contribution in [2.24, 2.45) is 5.92 Å². The van der Waals surface area contributed by atoms with E-state index in [1.54, 1.807) is 7.11 Å². The Morgan fingerprint density at radius 3 is 2.71 bits per heavy atom. The van der Waals surface area contributed by atoms with Crippen LogP contribution in [0.1, 0.15) is 44.1 Å². The fraction of sp³-hybridized carbons (Fsp3) is 0.632. The molecule has 0 heterocycles. The highest BCUT2D eigenvalue weighted by Gasteiger charge is 2.22. The van der Waals surface area contributed by atoms with E-state index in [0.29, 0.717) is 13.1 Å². The zero-order valence-corrected chi connectivity index (χ0v) is 14.5. The lowest BCUT2D eigenvalue weighted by Crippen LogP contribution is -2.34. The van der Waals surface area contributed by atoms with E-state index in [9.17, 15) is 4.79 Å². The molecule has 0 saturated heterocycles. The summed E-state index contributed by atoms with van der Waals surface area (Å²) in [4.78, 5) is 12.0. The van der Waals surface area contributed by atoms with Gasteiger partial charge in [0.25, 0.3) is 0 Å². The molecule has 2 N–H and O–H groups in total. The SMILES string of the molecule is COc1cccc(CNC(=O)CNCC2CC2)c1OC1CCCC1. The monoisotopic (exact) mass is 332 g/mol. The fourth-order valence-electron chi connectivity index (χ4n) is 3.14. The highest BCUT2D eigenvalue weighted by Crippen LogP contribution is 2.34. The van der Waals surface area contributed by atoms with E-state index >= 15 is 0 Å². The largest absolute Gasteiger partial charge is 0.493 e. The Hall–Kier alpha value is -1.75. The minimum Gasteiger partial charge on any atom is -0.493 e. The molecule has 0 radical (unpaired) electrons. The van der Waals surface area contributed by atoms with Gasteiger partial charge >= 0.3 is 0 Å². The summed E-state index contributed by atoms with van der Waals surface area (Å²) in [5, 5.41) is 6.18. The van der Waals surface area contributed by atoms with Gasteiger partial charge in [-0.25, -0.2) is 0 Å². The lowest BCUT2D eigenvalue weighted by molar-refractivity contribution is -0.120. The molecule has 5 heteroatoms. The molecule has 1 aromatic carbocycles. The molecule has 0 bridgehead atoms. The van der Waals surface area contributed by atoms with Crippen LogP contribution in [0.2, 0.25) is 0 Å². The average Bonchev–Trinajstić information content (AvgIpc) is 3.27. The molecule has 0 spiro atoms. The molecule has 2 aliphatic carbocycles. The van der Waals surface area contributed by atoms with E-state index in [1.165, 1.54) is 25.7 Å². The van der Waals surface area contributed by atoms with Gasteiger partial charge in [-0.1, -0.05) is 12.1 Å². The number of carbonyl (C=O) groups is 1. The van der Waals surface area contributed by atoms with Gasteiger partial charge in [-0.2, -0.15) is 0 Å². The van der Waals surface area contributed by atoms with Crippen LogP contribution >= 0.6 is 0 Å². The van der Waals surface area contributed by atoms with Gasteiger partial charge in [-0.3, -0.25) is 4.79 Å². The van der Waals surface area contributed by atoms with Crippen molar-refractivity contribution in [3.05, 3.63) is 23.8 Å². The number of para-hydroxylation sites is 1. The van der Waals surface area contributed by atoms with Gasteiger partial charge < -0.3 is 20.1 Å². The van der Waals surface area contributed by atoms with Crippen LogP contribution in [0, 0.1) is 5.92 Å². The summed E-state index contributed by atoms with van der Waals surface area (Å²) in [5.41, 5.74) is 0.969. The van der Waals surface area contributed by atoms with Gasteiger partial charge in [0.05, 0.1) is 19.8 Å². The maximum Gasteiger partial charge on any atom is 0.234 e. The van der Waals surface area contributed by atoms with E-state index in [1.807, 2.05) is 18.2 Å². The van der Waals surface area contributed by atoms with Crippen LogP contribution in [0.25, 0.3) is 0 Å². The fourth-order valence-corrected chi connectivity index (χ4v) is 3.14. The molecular weight excluding hydrogens is 304 g/mol. The predicted molar refractivity (Wildman–Crippen MR) is 93.3 cm³/mol. The zero-order valence-electron chi connectivity index (χ0n) is 14.5. The van der Waals surface area contributed by atoms with Gasteiger partial charge in [0.15, 0.2) is 11.5 Å². The number of hydrogen-bond donors (Lipinski definition) is 2. The quantitative estimate of drug-likeness (QED) is 0.730. The molecule has 2 saturated carbocycles. The molecule has 2 aliphatic rings. The van der Waals surface area contributed by atoms with E-state index in [0.717, 1.165) is 42.4 Å². The molecule has 3 rings (SSSR count). The third-order valence-corrected chi connectivity index (χ3v) is 4.76. The van der Waals surface area contributed by atoms with Crippen molar-refractivity contribution >= 4 is 5.91 Å². The summed E-state index contributed by atoms with van der Waals surface area (Å²) < 4.78 is 11.6. The van der Waals surface area contributed by atoms with Gasteiger partial charge in [0.2, 0.25) is 5.91 Å². The highest BCUT2D eigenvalue weighted by atomic mass is 16.5. The van der Waals surface area contributed by atoms with Crippen LogP contribution in [0.15, 0.2) is 18.2 Å². The molecule has 0 aliphatic heterocycles. The second-order valence-electron chi connectivity index (χ2n) is 6.82. The molecule has 132 valence electrons. The Kier molecular flexibility index (Phi) is 5.96. The maximum atomic E-state index is 12.0. The third-order valence-electron chi connectivity index (χ3n) is 4.76. The molecule has 0 atom stereocenters. The van der Waals surface area contributed by atoms with Crippen molar-refractivity contribution in [3.63, 3.8) is 0 Å². The molecule has 2 fully saturated rings. The topological polar surface area (TPSA) is 59.6 Å². The van der Waals surface area contributed by atoms with E-state index in [-0.39, 0.29) is 12.0 Å². The van der Waals surface area contributed by atoms with E-state index in [4.69, 9.17) is 9.47 Å². The van der Waals surface area contributed by atoms with Crippen LogP contribution in [0.3, 0.4) is 0 Å². The lowest BCUT2D eigenvalue weighted by Gasteiger charge is -2.19. The summed E-state index contributed by atoms with van der Waals surface area (Å²) in [6.07, 6.45) is 7.47. The van der Waals surface area contributed by atoms with Gasteiger partial charge in [0.1, 0.15) is 0 Å². The maximum absolute atomic E-state index is 12.0. The first-order valence-electron chi connectivity index (χ1n) is 9.06. The van der Waals surface area contributed by atoms with Gasteiger partial charge in [0, 0.05) is 12.1 Å². The Morgan fingerprint density at radius 2 is 2.00 bits per heavy atom. The Morgan fingerprint density at radius 1 is 1.21 bits per heavy atom. The Bertz CT molecular complexity index is 552. The first-order valence-corrected chi connectivity index (χ1v) is 9.06. The standard InChI is InChI=1S/C19H28N2O3/c1-23-17-8-4-5-15(19(17)24-16-6-2-3-7-16)12-21-18(22)13-20-11-14-9-10-14/h4-5,8,14,16,20H,2-3,6-7,9-13H2,1H3,(H,21,22). The highest BCUT2D eigenvalue weighted by molar-refractivity contribution is 5.78. The van der Waals surface area contributed by atoms with Crippen LogP contribution in [-0.2, 0) is 11.3 Å². The number of ether oxygens (including phenoxy) is 2. The number of benzene rings is 1. The minimum absolute atomic E-state index is 0.0188. The number of amides is 1. The summed E-state index contributed by atoms with van der Waals surface area (Å²) in [5.74, 6) is 2.31. The number of rotatable bonds is 9. The second-order valence-corrected chi connectivity index (χ2v) is 6.82. The molecular formula is C19H28N2O3. The first kappa shape index (κ1) is 17.1. The van der Waals surface area contributed by atoms with Gasteiger partial charge in [-0.05, 0) is 57.1 Å². The summed E-state index contributed by atoms with van der Waals surface area (Å²) >= 11 is 0. The summed E-state index contributed by atoms with van der Waals surface area (Å²) in [6.45, 7) is 1.78. The average molecular weight is 332 g/mol. The lowest BCUT2D eigenvalue weighted by atomic mass is 10.1. The zero-order chi connectivity index (χ0) is 16.8. The molecule has 0 unspecified atom stereocenters. The van der Waals surface area contributed by atoms with Crippen LogP contribution in [-0.4, -0.2) is 32.2 Å². The van der Waals surface area contributed by atoms with Crippen molar-refractivity contribution in [1.29, 1.82) is 0 Å². The van der Waals surface area contributed by atoms with Crippen LogP contribution < -0.4 is 20.1 Å². The molecule has 24 heavy (non-hydrogen) atoms. The Labute approximate surface area is 144 Å². The predicted octanol–water partition coefficient (Wildman–Crippen LogP) is 2.63. The van der Waals surface area contributed by atoms with Crippen molar-refractivity contribution in [2.45, 2.75) is 51.2 Å². The van der Waals surface area contributed by atoms with Gasteiger partial charge in [-0.15, -0.1) is 0 Å². The first-order chi connectivity index (χ1) is 11.8. The third kappa shape index (κ3) is 4.87. The van der Waals surface area contributed by atoms with Crippen molar-refractivity contribution in [2.75, 3.05) is 20.2 Å². The van der Waals surface area contributed by atoms with Crippen LogP contribution in [0.4, 0.5) is 0 Å². The van der Waals surface area contributed by atoms with Crippen molar-refractivity contribution in [1.82, 2.24) is 10.6 Å². The smallest absolute Gasteiger partial charge is 0.234 e. The second kappa shape index (κ2) is 8.38. The normalized spacial score (nSPS) is 17.7. The van der Waals surface area contributed by atoms with Crippen molar-refractivity contribution in [3.8, 4) is 11.5 Å². The summed E-state index contributed by atoms with van der Waals surface area (Å²) in [6, 6.07) is 5.84. The van der Waals surface area contributed by atoms with Crippen LogP contribution in [0.5, 0.6) is 11.5 Å². The summed E-state index contributed by atoms with van der Waals surface area (Å²) in [7, 11) is 1.65. The van der Waals surface area contributed by atoms with Crippen molar-refractivity contribution < 1.29 is 14.3 Å². The number of nitrogens with one attached hydrogen (secondary N) is 2. The number of hydrogen-bond acceptors (Lipinski definition) is 4. The van der Waals surface area contributed by atoms with E-state index < -0.39 is 0 Å². The number of carbonyl (C=O) groups excluding carboxylic acids is 1. The van der Waals surface area contributed by atoms with E-state index in [2.05, 4.69) is 10.6 Å². The molecule has 0 aromatic heterocycles. The molecule has 1 amide bonds. The molecule has 5 nitrogen and oxygen atoms in total.